The number of nitrogens with zero attached hydrogens (tertiary/aromatic N) is 1. The van der Waals surface area contributed by atoms with Crippen molar-refractivity contribution in [3.63, 3.8) is 0 Å². The molecule has 2 aliphatic heterocycles. The van der Waals surface area contributed by atoms with Crippen LogP contribution < -0.4 is 5.32 Å². The number of likely N-dealkylation sites (tertiary alicyclic amines) is 1. The first-order valence-corrected chi connectivity index (χ1v) is 14.3. The van der Waals surface area contributed by atoms with Crippen molar-refractivity contribution >= 4 is 78.1 Å². The van der Waals surface area contributed by atoms with Gasteiger partial charge in [0.2, 0.25) is 23.6 Å². The number of rotatable bonds is 3. The predicted octanol–water partition coefficient (Wildman–Crippen LogP) is 6.77. The third kappa shape index (κ3) is 9.37. The fourth-order valence-corrected chi connectivity index (χ4v) is 4.63. The molecule has 4 rings (SSSR count). The molecule has 2 aromatic rings. The number of carbonyl (C=O) groups excluding carboxylic acids is 4. The van der Waals surface area contributed by atoms with Crippen molar-refractivity contribution in [1.29, 1.82) is 0 Å². The van der Waals surface area contributed by atoms with Gasteiger partial charge in [0.1, 0.15) is 0 Å². The minimum atomic E-state index is -0.148. The summed E-state index contributed by atoms with van der Waals surface area (Å²) >= 11 is 9.43. The Morgan fingerprint density at radius 1 is 0.722 bits per heavy atom. The van der Waals surface area contributed by atoms with Gasteiger partial charge in [-0.15, -0.1) is 0 Å². The number of amides is 4. The molecule has 4 amide bonds. The van der Waals surface area contributed by atoms with Crippen molar-refractivity contribution in [2.24, 2.45) is 0 Å². The number of hydrogen-bond donors (Lipinski definition) is 1. The monoisotopic (exact) mass is 734 g/mol. The smallest absolute Gasteiger partial charge is 0.229 e. The Morgan fingerprint density at radius 2 is 1.08 bits per heavy atom. The number of halogens is 3. The zero-order valence-corrected chi connectivity index (χ0v) is 25.6. The summed E-state index contributed by atoms with van der Waals surface area (Å²) in [7, 11) is 0. The van der Waals surface area contributed by atoms with Crippen LogP contribution in [0.5, 0.6) is 0 Å². The lowest BCUT2D eigenvalue weighted by molar-refractivity contribution is -0.139. The van der Waals surface area contributed by atoms with Gasteiger partial charge in [-0.3, -0.25) is 29.4 Å². The molecule has 0 saturated carbocycles. The van der Waals surface area contributed by atoms with Crippen LogP contribution in [-0.4, -0.2) is 28.5 Å². The van der Waals surface area contributed by atoms with E-state index in [2.05, 4.69) is 85.7 Å². The van der Waals surface area contributed by atoms with Gasteiger partial charge in [-0.2, -0.15) is 0 Å². The number of hydrogen-bond acceptors (Lipinski definition) is 4. The van der Waals surface area contributed by atoms with Gasteiger partial charge in [-0.05, 0) is 61.1 Å². The van der Waals surface area contributed by atoms with E-state index in [1.165, 1.54) is 26.1 Å². The molecule has 2 heterocycles. The van der Waals surface area contributed by atoms with Crippen molar-refractivity contribution in [1.82, 2.24) is 10.2 Å². The largest absolute Gasteiger partial charge is 0.296 e. The van der Waals surface area contributed by atoms with E-state index in [9.17, 15) is 19.2 Å². The molecule has 0 bridgehead atoms. The maximum Gasteiger partial charge on any atom is 0.229 e. The van der Waals surface area contributed by atoms with Gasteiger partial charge in [0.15, 0.2) is 0 Å². The van der Waals surface area contributed by atoms with Crippen LogP contribution in [0.4, 0.5) is 0 Å². The minimum absolute atomic E-state index is 0. The molecule has 6 nitrogen and oxygen atoms in total. The highest BCUT2D eigenvalue weighted by molar-refractivity contribution is 14.1. The average Bonchev–Trinajstić information content (AvgIpc) is 3.34. The standard InChI is InChI=1S/C13H14BrNO2.C9H10BrI.C4H5NO2.CH4/c1-8-5-10(6-9(2)13(8)14)7-15-11(16)3-4-12(15)17;1-6-3-8(5-11)4-7(2)9(6)10;6-3-1-2-4(7)5-3;/h5-6H,3-4,7H2,1-2H3;3-4H,5H2,1-2H3;1-2H2,(H,5,6,7);1H4. The zero-order chi connectivity index (χ0) is 26.3. The summed E-state index contributed by atoms with van der Waals surface area (Å²) < 4.78 is 3.42. The van der Waals surface area contributed by atoms with Gasteiger partial charge in [0.25, 0.3) is 0 Å². The van der Waals surface area contributed by atoms with Crippen molar-refractivity contribution < 1.29 is 19.2 Å². The lowest BCUT2D eigenvalue weighted by Gasteiger charge is -2.15. The molecule has 2 saturated heterocycles. The summed E-state index contributed by atoms with van der Waals surface area (Å²) in [6.07, 6.45) is 1.46. The zero-order valence-electron chi connectivity index (χ0n) is 20.3. The Balaban J connectivity index is 0.000000293. The van der Waals surface area contributed by atoms with Crippen LogP contribution in [0.2, 0.25) is 0 Å². The van der Waals surface area contributed by atoms with Gasteiger partial charge in [-0.25, -0.2) is 0 Å². The summed E-state index contributed by atoms with van der Waals surface area (Å²) in [6.45, 7) is 8.68. The normalized spacial score (nSPS) is 14.5. The van der Waals surface area contributed by atoms with E-state index in [-0.39, 0.29) is 31.1 Å². The van der Waals surface area contributed by atoms with Crippen molar-refractivity contribution in [2.75, 3.05) is 0 Å². The van der Waals surface area contributed by atoms with Crippen molar-refractivity contribution in [2.45, 2.75) is 71.8 Å². The van der Waals surface area contributed by atoms with E-state index >= 15 is 0 Å². The molecule has 2 fully saturated rings. The topological polar surface area (TPSA) is 83.6 Å². The van der Waals surface area contributed by atoms with Crippen molar-refractivity contribution in [3.8, 4) is 0 Å². The SMILES string of the molecule is C.Cc1cc(CI)cc(C)c1Br.Cc1cc(CN2C(=O)CCC2=O)cc(C)c1Br.O=C1CCC(=O)N1. The molecule has 0 unspecified atom stereocenters. The second-order valence-corrected chi connectivity index (χ2v) is 10.9. The lowest BCUT2D eigenvalue weighted by Crippen LogP contribution is -2.28. The summed E-state index contributed by atoms with van der Waals surface area (Å²) in [4.78, 5) is 44.6. The van der Waals surface area contributed by atoms with E-state index in [4.69, 9.17) is 0 Å². The van der Waals surface area contributed by atoms with Crippen LogP contribution in [0.15, 0.2) is 33.2 Å². The van der Waals surface area contributed by atoms with Gasteiger partial charge in [-0.1, -0.05) is 86.1 Å². The van der Waals surface area contributed by atoms with Crippen molar-refractivity contribution in [3.05, 3.63) is 66.6 Å². The molecule has 0 radical (unpaired) electrons. The van der Waals surface area contributed by atoms with Crippen LogP contribution in [-0.2, 0) is 30.2 Å². The lowest BCUT2D eigenvalue weighted by atomic mass is 10.1. The quantitative estimate of drug-likeness (QED) is 0.214. The molecule has 36 heavy (non-hydrogen) atoms. The minimum Gasteiger partial charge on any atom is -0.296 e. The molecule has 0 aliphatic carbocycles. The van der Waals surface area contributed by atoms with E-state index in [1.807, 2.05) is 26.0 Å². The predicted molar refractivity (Wildman–Crippen MR) is 159 cm³/mol. The van der Waals surface area contributed by atoms with Gasteiger partial charge >= 0.3 is 0 Å². The van der Waals surface area contributed by atoms with E-state index < -0.39 is 0 Å². The Morgan fingerprint density at radius 3 is 1.39 bits per heavy atom. The number of imide groups is 2. The van der Waals surface area contributed by atoms with Crippen LogP contribution in [0, 0.1) is 27.7 Å². The number of alkyl halides is 1. The number of benzene rings is 2. The van der Waals surface area contributed by atoms with Gasteiger partial charge in [0, 0.05) is 39.1 Å². The first-order valence-electron chi connectivity index (χ1n) is 11.2. The number of aryl methyl sites for hydroxylation is 4. The number of carbonyl (C=O) groups is 4. The third-order valence-electron chi connectivity index (χ3n) is 5.50. The molecule has 1 N–H and O–H groups in total. The second kappa shape index (κ2) is 15.0. The molecular formula is C27H33Br2IN2O4. The molecular weight excluding hydrogens is 703 g/mol. The Kier molecular flexibility index (Phi) is 13.5. The van der Waals surface area contributed by atoms with Crippen LogP contribution in [0.1, 0.15) is 66.5 Å². The summed E-state index contributed by atoms with van der Waals surface area (Å²) in [5.74, 6) is -0.420. The summed E-state index contributed by atoms with van der Waals surface area (Å²) in [5.41, 5.74) is 7.32. The Labute approximate surface area is 244 Å². The van der Waals surface area contributed by atoms with Crippen LogP contribution in [0.3, 0.4) is 0 Å². The molecule has 2 aliphatic rings. The highest BCUT2D eigenvalue weighted by Gasteiger charge is 2.28. The van der Waals surface area contributed by atoms with Gasteiger partial charge < -0.3 is 0 Å². The molecule has 9 heteroatoms. The fourth-order valence-electron chi connectivity index (χ4n) is 3.73. The first-order chi connectivity index (χ1) is 16.4. The maximum absolute atomic E-state index is 11.5. The summed E-state index contributed by atoms with van der Waals surface area (Å²) in [5, 5.41) is 2.14. The molecule has 0 atom stereocenters. The molecule has 196 valence electrons. The number of nitrogens with one attached hydrogen (secondary N) is 1. The maximum atomic E-state index is 11.5. The van der Waals surface area contributed by atoms with Gasteiger partial charge in [0.05, 0.1) is 6.54 Å². The Hall–Kier alpha value is -1.59. The highest BCUT2D eigenvalue weighted by atomic mass is 127. The first kappa shape index (κ1) is 32.4. The molecule has 0 spiro atoms. The van der Waals surface area contributed by atoms with Crippen LogP contribution in [0.25, 0.3) is 0 Å². The third-order valence-corrected chi connectivity index (χ3v) is 8.88. The van der Waals surface area contributed by atoms with E-state index in [0.717, 1.165) is 25.6 Å². The van der Waals surface area contributed by atoms with E-state index in [1.54, 1.807) is 0 Å². The average molecular weight is 736 g/mol. The van der Waals surface area contributed by atoms with Crippen LogP contribution >= 0.6 is 54.5 Å². The highest BCUT2D eigenvalue weighted by Crippen LogP contribution is 2.25. The second-order valence-electron chi connectivity index (χ2n) is 8.57. The molecule has 2 aromatic carbocycles. The van der Waals surface area contributed by atoms with E-state index in [0.29, 0.717) is 32.2 Å². The molecule has 0 aromatic heterocycles. The summed E-state index contributed by atoms with van der Waals surface area (Å²) in [6, 6.07) is 8.47. The fraction of sp³-hybridized carbons (Fsp3) is 0.407. The Bertz CT molecular complexity index is 1070.